The van der Waals surface area contributed by atoms with Crippen LogP contribution in [0.2, 0.25) is 0 Å². The molecule has 1 fully saturated rings. The Balaban J connectivity index is 1.58. The average molecular weight is 315 g/mol. The molecule has 7 nitrogen and oxygen atoms in total. The van der Waals surface area contributed by atoms with E-state index in [4.69, 9.17) is 10.3 Å². The zero-order valence-corrected chi connectivity index (χ0v) is 13.2. The summed E-state index contributed by atoms with van der Waals surface area (Å²) in [7, 11) is 0. The van der Waals surface area contributed by atoms with E-state index in [-0.39, 0.29) is 12.6 Å². The van der Waals surface area contributed by atoms with Crippen LogP contribution in [0.15, 0.2) is 28.8 Å². The second-order valence-electron chi connectivity index (χ2n) is 5.82. The molecule has 3 N–H and O–H groups in total. The van der Waals surface area contributed by atoms with Gasteiger partial charge in [-0.3, -0.25) is 0 Å². The molecule has 2 aromatic rings. The van der Waals surface area contributed by atoms with Crippen molar-refractivity contribution in [2.24, 2.45) is 11.7 Å². The quantitative estimate of drug-likeness (QED) is 0.892. The Hall–Kier alpha value is -2.41. The molecular weight excluding hydrogens is 294 g/mol. The summed E-state index contributed by atoms with van der Waals surface area (Å²) in [6.07, 6.45) is 0.960. The van der Waals surface area contributed by atoms with E-state index < -0.39 is 0 Å². The molecule has 1 aliphatic rings. The molecule has 1 aromatic carbocycles. The van der Waals surface area contributed by atoms with Crippen molar-refractivity contribution in [1.82, 2.24) is 20.4 Å². The zero-order valence-electron chi connectivity index (χ0n) is 13.2. The number of nitrogens with zero attached hydrogens (tertiary/aromatic N) is 3. The SMILES string of the molecule is Cc1ccccc1-c1noc(CNC(=O)N2CCC(CN)C2)n1. The summed E-state index contributed by atoms with van der Waals surface area (Å²) in [6, 6.07) is 7.72. The Kier molecular flexibility index (Phi) is 4.57. The first-order valence-corrected chi connectivity index (χ1v) is 7.79. The lowest BCUT2D eigenvalue weighted by atomic mass is 10.1. The summed E-state index contributed by atoms with van der Waals surface area (Å²) in [5, 5.41) is 6.80. The van der Waals surface area contributed by atoms with E-state index in [2.05, 4.69) is 15.5 Å². The third-order valence-electron chi connectivity index (χ3n) is 4.15. The van der Waals surface area contributed by atoms with E-state index in [1.165, 1.54) is 0 Å². The van der Waals surface area contributed by atoms with Gasteiger partial charge in [-0.25, -0.2) is 4.79 Å². The molecule has 2 amide bonds. The van der Waals surface area contributed by atoms with Crippen LogP contribution in [0.25, 0.3) is 11.4 Å². The van der Waals surface area contributed by atoms with Crippen LogP contribution < -0.4 is 11.1 Å². The zero-order chi connectivity index (χ0) is 16.2. The molecular formula is C16H21N5O2. The number of likely N-dealkylation sites (tertiary alicyclic amines) is 1. The van der Waals surface area contributed by atoms with E-state index in [0.29, 0.717) is 30.7 Å². The minimum Gasteiger partial charge on any atom is -0.337 e. The first-order valence-electron chi connectivity index (χ1n) is 7.79. The third-order valence-corrected chi connectivity index (χ3v) is 4.15. The van der Waals surface area contributed by atoms with Gasteiger partial charge in [0.1, 0.15) is 0 Å². The molecule has 1 saturated heterocycles. The summed E-state index contributed by atoms with van der Waals surface area (Å²) in [6.45, 7) is 4.29. The van der Waals surface area contributed by atoms with Crippen LogP contribution >= 0.6 is 0 Å². The smallest absolute Gasteiger partial charge is 0.317 e. The minimum absolute atomic E-state index is 0.114. The number of carbonyl (C=O) groups excluding carboxylic acids is 1. The number of rotatable bonds is 4. The normalized spacial score (nSPS) is 17.5. The maximum Gasteiger partial charge on any atom is 0.317 e. The van der Waals surface area contributed by atoms with Gasteiger partial charge in [0.25, 0.3) is 0 Å². The van der Waals surface area contributed by atoms with Crippen molar-refractivity contribution in [1.29, 1.82) is 0 Å². The molecule has 0 radical (unpaired) electrons. The lowest BCUT2D eigenvalue weighted by Crippen LogP contribution is -2.38. The van der Waals surface area contributed by atoms with Crippen LogP contribution in [0.4, 0.5) is 4.79 Å². The number of hydrogen-bond acceptors (Lipinski definition) is 5. The molecule has 23 heavy (non-hydrogen) atoms. The van der Waals surface area contributed by atoms with Crippen LogP contribution in [0.5, 0.6) is 0 Å². The van der Waals surface area contributed by atoms with Crippen LogP contribution in [0.1, 0.15) is 17.9 Å². The van der Waals surface area contributed by atoms with Gasteiger partial charge in [-0.2, -0.15) is 4.98 Å². The standard InChI is InChI=1S/C16H21N5O2/c1-11-4-2-3-5-13(11)15-19-14(23-20-15)9-18-16(22)21-7-6-12(8-17)10-21/h2-5,12H,6-10,17H2,1H3,(H,18,22). The fraction of sp³-hybridized carbons (Fsp3) is 0.438. The van der Waals surface area contributed by atoms with Crippen molar-refractivity contribution >= 4 is 6.03 Å². The van der Waals surface area contributed by atoms with E-state index in [1.54, 1.807) is 4.90 Å². The van der Waals surface area contributed by atoms with Gasteiger partial charge < -0.3 is 20.5 Å². The topological polar surface area (TPSA) is 97.3 Å². The van der Waals surface area contributed by atoms with Gasteiger partial charge in [0, 0.05) is 18.7 Å². The number of amides is 2. The Labute approximate surface area is 134 Å². The molecule has 1 aliphatic heterocycles. The van der Waals surface area contributed by atoms with Crippen molar-refractivity contribution in [2.45, 2.75) is 19.9 Å². The van der Waals surface area contributed by atoms with Crippen LogP contribution in [0.3, 0.4) is 0 Å². The van der Waals surface area contributed by atoms with Crippen LogP contribution in [-0.2, 0) is 6.54 Å². The van der Waals surface area contributed by atoms with E-state index in [0.717, 1.165) is 24.1 Å². The Morgan fingerprint density at radius 1 is 1.48 bits per heavy atom. The maximum atomic E-state index is 12.1. The van der Waals surface area contributed by atoms with Crippen LogP contribution in [-0.4, -0.2) is 40.7 Å². The third kappa shape index (κ3) is 3.50. The molecule has 0 bridgehead atoms. The van der Waals surface area contributed by atoms with Crippen molar-refractivity contribution in [2.75, 3.05) is 19.6 Å². The molecule has 2 heterocycles. The summed E-state index contributed by atoms with van der Waals surface area (Å²) >= 11 is 0. The minimum atomic E-state index is -0.114. The van der Waals surface area contributed by atoms with Crippen molar-refractivity contribution in [3.05, 3.63) is 35.7 Å². The van der Waals surface area contributed by atoms with Gasteiger partial charge in [0.2, 0.25) is 11.7 Å². The highest BCUT2D eigenvalue weighted by Crippen LogP contribution is 2.20. The van der Waals surface area contributed by atoms with Crippen molar-refractivity contribution in [3.63, 3.8) is 0 Å². The highest BCUT2D eigenvalue weighted by atomic mass is 16.5. The highest BCUT2D eigenvalue weighted by Gasteiger charge is 2.25. The van der Waals surface area contributed by atoms with E-state index in [1.807, 2.05) is 31.2 Å². The van der Waals surface area contributed by atoms with Crippen molar-refractivity contribution < 1.29 is 9.32 Å². The number of urea groups is 1. The monoisotopic (exact) mass is 315 g/mol. The largest absolute Gasteiger partial charge is 0.337 e. The first kappa shape index (κ1) is 15.5. The summed E-state index contributed by atoms with van der Waals surface area (Å²) in [5.74, 6) is 1.33. The predicted molar refractivity (Wildman–Crippen MR) is 85.4 cm³/mol. The lowest BCUT2D eigenvalue weighted by Gasteiger charge is -2.16. The maximum absolute atomic E-state index is 12.1. The molecule has 7 heteroatoms. The summed E-state index contributed by atoms with van der Waals surface area (Å²) in [5.41, 5.74) is 7.65. The highest BCUT2D eigenvalue weighted by molar-refractivity contribution is 5.74. The molecule has 0 aliphatic carbocycles. The number of benzene rings is 1. The Morgan fingerprint density at radius 3 is 3.04 bits per heavy atom. The molecule has 122 valence electrons. The summed E-state index contributed by atoms with van der Waals surface area (Å²) < 4.78 is 5.22. The fourth-order valence-corrected chi connectivity index (χ4v) is 2.73. The van der Waals surface area contributed by atoms with Gasteiger partial charge in [0.05, 0.1) is 6.54 Å². The fourth-order valence-electron chi connectivity index (χ4n) is 2.73. The first-order chi connectivity index (χ1) is 11.2. The second-order valence-corrected chi connectivity index (χ2v) is 5.82. The number of hydrogen-bond donors (Lipinski definition) is 2. The Morgan fingerprint density at radius 2 is 2.30 bits per heavy atom. The van der Waals surface area contributed by atoms with Gasteiger partial charge >= 0.3 is 6.03 Å². The van der Waals surface area contributed by atoms with Gasteiger partial charge in [-0.05, 0) is 31.4 Å². The molecule has 0 spiro atoms. The van der Waals surface area contributed by atoms with Crippen LogP contribution in [0, 0.1) is 12.8 Å². The summed E-state index contributed by atoms with van der Waals surface area (Å²) in [4.78, 5) is 18.2. The molecule has 3 rings (SSSR count). The molecule has 1 aromatic heterocycles. The average Bonchev–Trinajstić information content (AvgIpc) is 3.22. The van der Waals surface area contributed by atoms with E-state index in [9.17, 15) is 4.79 Å². The van der Waals surface area contributed by atoms with Gasteiger partial charge in [0.15, 0.2) is 0 Å². The van der Waals surface area contributed by atoms with Crippen molar-refractivity contribution in [3.8, 4) is 11.4 Å². The lowest BCUT2D eigenvalue weighted by molar-refractivity contribution is 0.205. The molecule has 1 unspecified atom stereocenters. The molecule has 0 saturated carbocycles. The predicted octanol–water partition coefficient (Wildman–Crippen LogP) is 1.54. The Bertz CT molecular complexity index is 685. The molecule has 1 atom stereocenters. The second kappa shape index (κ2) is 6.78. The van der Waals surface area contributed by atoms with Gasteiger partial charge in [-0.1, -0.05) is 29.4 Å². The number of nitrogens with one attached hydrogen (secondary N) is 1. The van der Waals surface area contributed by atoms with Gasteiger partial charge in [-0.15, -0.1) is 0 Å². The number of aromatic nitrogens is 2. The number of nitrogens with two attached hydrogens (primary N) is 1. The number of carbonyl (C=O) groups is 1. The van der Waals surface area contributed by atoms with E-state index >= 15 is 0 Å². The number of aryl methyl sites for hydroxylation is 1.